The van der Waals surface area contributed by atoms with Crippen LogP contribution >= 0.6 is 0 Å². The Morgan fingerprint density at radius 3 is 2.17 bits per heavy atom. The number of ketones is 1. The first-order valence-electron chi connectivity index (χ1n) is 24.8. The second-order valence-corrected chi connectivity index (χ2v) is 26.2. The molecule has 66 heavy (non-hydrogen) atoms. The van der Waals surface area contributed by atoms with Crippen molar-refractivity contribution >= 4 is 31.9 Å². The van der Waals surface area contributed by atoms with Gasteiger partial charge in [-0.15, -0.1) is 0 Å². The van der Waals surface area contributed by atoms with Crippen LogP contribution in [0.1, 0.15) is 139 Å². The monoisotopic (exact) mass is 950 g/mol. The molecule has 14 nitrogen and oxygen atoms in total. The largest absolute Gasteiger partial charge is 0.460 e. The van der Waals surface area contributed by atoms with Crippen molar-refractivity contribution in [3.63, 3.8) is 0 Å². The van der Waals surface area contributed by atoms with Gasteiger partial charge in [-0.1, -0.05) is 59.3 Å². The molecule has 378 valence electrons. The van der Waals surface area contributed by atoms with Crippen molar-refractivity contribution in [3.05, 3.63) is 23.3 Å². The Kier molecular flexibility index (Phi) is 20.3. The number of allylic oxidation sites excluding steroid dienone is 3. The number of hydrogen-bond donors (Lipinski definition) is 3. The van der Waals surface area contributed by atoms with E-state index in [1.807, 2.05) is 40.8 Å². The Morgan fingerprint density at radius 1 is 0.939 bits per heavy atom. The lowest BCUT2D eigenvalue weighted by Gasteiger charge is -2.49. The van der Waals surface area contributed by atoms with Gasteiger partial charge in [0.15, 0.2) is 14.4 Å². The van der Waals surface area contributed by atoms with Gasteiger partial charge in [0.1, 0.15) is 30.1 Å². The van der Waals surface area contributed by atoms with E-state index in [-0.39, 0.29) is 73.4 Å². The SMILES string of the molecule is CC[C@@H]1/C=C(\C)C[C@H](C)C[C@H](OC)[C@H]2O[C@](O)([C@H](C)C[C@@H]2OC)[C@@H](O)C(=O)N2CCCC[C@H]2C(=O)O[C@H](/C(C)=C/C2CC[C@@H](OC(C)=O)[C@H](OC)C2)[C@@H](C)[C@@H](CC(C)(C)[Si](C)(C)O)CC1=O. The summed E-state index contributed by atoms with van der Waals surface area (Å²) < 4.78 is 36.4. The molecule has 0 radical (unpaired) electrons. The Bertz CT molecular complexity index is 1710. The fourth-order valence-corrected chi connectivity index (χ4v) is 11.9. The Hall–Kier alpha value is -2.50. The summed E-state index contributed by atoms with van der Waals surface area (Å²) in [5, 5.41) is 23.8. The number of piperidine rings is 1. The van der Waals surface area contributed by atoms with Crippen LogP contribution in [0.25, 0.3) is 0 Å². The van der Waals surface area contributed by atoms with Gasteiger partial charge >= 0.3 is 11.9 Å². The molecule has 2 saturated heterocycles. The second kappa shape index (κ2) is 23.9. The molecule has 4 rings (SSSR count). The Labute approximate surface area is 397 Å². The number of esters is 2. The van der Waals surface area contributed by atoms with Gasteiger partial charge in [-0.25, -0.2) is 4.79 Å². The lowest BCUT2D eigenvalue weighted by molar-refractivity contribution is -0.346. The molecule has 3 fully saturated rings. The summed E-state index contributed by atoms with van der Waals surface area (Å²) in [6.07, 6.45) is 4.83. The van der Waals surface area contributed by atoms with Crippen molar-refractivity contribution < 1.29 is 62.6 Å². The van der Waals surface area contributed by atoms with Crippen LogP contribution in [0.5, 0.6) is 0 Å². The molecule has 0 aromatic carbocycles. The van der Waals surface area contributed by atoms with Gasteiger partial charge in [0.05, 0.1) is 18.3 Å². The lowest BCUT2D eigenvalue weighted by atomic mass is 9.75. The molecule has 3 N–H and O–H groups in total. The van der Waals surface area contributed by atoms with E-state index < -0.39 is 79.4 Å². The van der Waals surface area contributed by atoms with E-state index in [1.54, 1.807) is 28.3 Å². The number of cyclic esters (lactones) is 1. The fraction of sp³-hybridized carbons (Fsp3) is 0.843. The first-order chi connectivity index (χ1) is 30.8. The number of aliphatic hydroxyl groups excluding tert-OH is 1. The maximum Gasteiger partial charge on any atom is 0.329 e. The highest BCUT2D eigenvalue weighted by Gasteiger charge is 2.56. The van der Waals surface area contributed by atoms with E-state index in [9.17, 15) is 34.2 Å². The summed E-state index contributed by atoms with van der Waals surface area (Å²) in [5.74, 6) is -5.83. The zero-order valence-corrected chi connectivity index (χ0v) is 43.8. The molecule has 1 saturated carbocycles. The molecule has 4 aliphatic rings. The van der Waals surface area contributed by atoms with E-state index >= 15 is 0 Å². The highest BCUT2D eigenvalue weighted by Crippen LogP contribution is 2.47. The summed E-state index contributed by atoms with van der Waals surface area (Å²) >= 11 is 0. The summed E-state index contributed by atoms with van der Waals surface area (Å²) in [7, 11) is 1.95. The van der Waals surface area contributed by atoms with Crippen molar-refractivity contribution in [1.82, 2.24) is 4.90 Å². The smallest absolute Gasteiger partial charge is 0.329 e. The average molecular weight is 950 g/mol. The van der Waals surface area contributed by atoms with Gasteiger partial charge in [-0.2, -0.15) is 0 Å². The number of hydrogen-bond acceptors (Lipinski definition) is 13. The zero-order chi connectivity index (χ0) is 49.5. The standard InChI is InChI=1S/C51H87NO13Si/c1-15-37-23-30(2)22-31(3)24-43(61-11)46-44(62-12)26-33(5)51(58,65-46)47(55)48(56)52-21-17-16-18-39(52)49(57)64-45(34(6)38(28-40(37)54)29-50(8,9)66(13,14)59)32(4)25-36-19-20-41(63-35(7)53)42(27-36)60-10/h23,25,31,33-34,36-39,41-47,55,58-59H,15-22,24,26-29H2,1-14H3/b30-23+,32-25+/t31-,33+,34-,36?,37+,38+,39-,41+,42+,43-,44-,45+,46+,47-,51+/m0/s1. The Balaban J connectivity index is 1.88. The summed E-state index contributed by atoms with van der Waals surface area (Å²) in [6.45, 7) is 21.3. The van der Waals surface area contributed by atoms with E-state index in [1.165, 1.54) is 11.8 Å². The summed E-state index contributed by atoms with van der Waals surface area (Å²) in [4.78, 5) is 69.1. The molecule has 1 amide bonds. The number of fused-ring (bicyclic) bond motifs is 3. The van der Waals surface area contributed by atoms with Crippen LogP contribution in [0.3, 0.4) is 0 Å². The lowest BCUT2D eigenvalue weighted by Crippen LogP contribution is -2.66. The van der Waals surface area contributed by atoms with Crippen LogP contribution < -0.4 is 0 Å². The van der Waals surface area contributed by atoms with E-state index in [2.05, 4.69) is 32.9 Å². The summed E-state index contributed by atoms with van der Waals surface area (Å²) in [5.41, 5.74) is 1.84. The molecule has 1 aliphatic carbocycles. The van der Waals surface area contributed by atoms with Crippen molar-refractivity contribution in [3.8, 4) is 0 Å². The maximum absolute atomic E-state index is 14.9. The van der Waals surface area contributed by atoms with Crippen LogP contribution in [-0.4, -0.2) is 134 Å². The van der Waals surface area contributed by atoms with Gasteiger partial charge in [0.2, 0.25) is 5.79 Å². The van der Waals surface area contributed by atoms with E-state index in [4.69, 9.17) is 28.4 Å². The molecule has 3 aliphatic heterocycles. The molecule has 1 unspecified atom stereocenters. The third-order valence-electron chi connectivity index (χ3n) is 16.0. The van der Waals surface area contributed by atoms with Gasteiger partial charge in [-0.05, 0) is 126 Å². The van der Waals surface area contributed by atoms with Crippen LogP contribution in [0.4, 0.5) is 0 Å². The number of aliphatic hydroxyl groups is 2. The number of carbonyl (C=O) groups is 4. The van der Waals surface area contributed by atoms with Gasteiger partial charge < -0.3 is 48.3 Å². The number of ether oxygens (including phenoxy) is 6. The number of amides is 1. The molecule has 15 atom stereocenters. The second-order valence-electron chi connectivity index (χ2n) is 21.7. The minimum absolute atomic E-state index is 0.00143. The van der Waals surface area contributed by atoms with Gasteiger partial charge in [-0.3, -0.25) is 14.4 Å². The van der Waals surface area contributed by atoms with Crippen molar-refractivity contribution in [1.29, 1.82) is 0 Å². The summed E-state index contributed by atoms with van der Waals surface area (Å²) in [6, 6.07) is -1.06. The first kappa shape index (κ1) is 56.1. The van der Waals surface area contributed by atoms with E-state index in [0.717, 1.165) is 11.1 Å². The molecule has 0 aromatic heterocycles. The number of nitrogens with zero attached hydrogens (tertiary/aromatic N) is 1. The third-order valence-corrected chi connectivity index (χ3v) is 19.5. The predicted molar refractivity (Wildman–Crippen MR) is 254 cm³/mol. The number of Topliss-reactive ketones (excluding diaryl/α,β-unsaturated/α-hetero) is 1. The number of methoxy groups -OCH3 is 3. The highest BCUT2D eigenvalue weighted by atomic mass is 28.4. The zero-order valence-electron chi connectivity index (χ0n) is 42.8. The van der Waals surface area contributed by atoms with Gasteiger partial charge in [0.25, 0.3) is 5.91 Å². The normalized spacial score (nSPS) is 38.6. The topological polar surface area (TPSA) is 188 Å². The molecular formula is C51H87NO13Si. The van der Waals surface area contributed by atoms with E-state index in [0.29, 0.717) is 57.8 Å². The van der Waals surface area contributed by atoms with Crippen molar-refractivity contribution in [2.24, 2.45) is 35.5 Å². The first-order valence-corrected chi connectivity index (χ1v) is 27.7. The fourth-order valence-electron chi connectivity index (χ4n) is 11.1. The van der Waals surface area contributed by atoms with Crippen LogP contribution in [-0.2, 0) is 47.6 Å². The highest BCUT2D eigenvalue weighted by molar-refractivity contribution is 6.72. The molecule has 2 bridgehead atoms. The van der Waals surface area contributed by atoms with Crippen molar-refractivity contribution in [2.75, 3.05) is 27.9 Å². The minimum Gasteiger partial charge on any atom is -0.460 e. The van der Waals surface area contributed by atoms with Crippen molar-refractivity contribution in [2.45, 2.75) is 212 Å². The molecule has 3 heterocycles. The molecular weight excluding hydrogens is 863 g/mol. The predicted octanol–water partition coefficient (Wildman–Crippen LogP) is 7.46. The molecule has 0 aromatic rings. The van der Waals surface area contributed by atoms with Gasteiger partial charge in [0, 0.05) is 59.0 Å². The van der Waals surface area contributed by atoms with Crippen LogP contribution in [0, 0.1) is 35.5 Å². The molecule has 15 heteroatoms. The third kappa shape index (κ3) is 13.6. The Morgan fingerprint density at radius 2 is 1.58 bits per heavy atom. The quantitative estimate of drug-likeness (QED) is 0.111. The average Bonchev–Trinajstić information content (AvgIpc) is 3.25. The van der Waals surface area contributed by atoms with Crippen LogP contribution in [0.2, 0.25) is 18.1 Å². The van der Waals surface area contributed by atoms with Crippen LogP contribution in [0.15, 0.2) is 23.3 Å². The molecule has 0 spiro atoms. The minimum atomic E-state index is -2.80. The number of carbonyl (C=O) groups excluding carboxylic acids is 4. The number of rotatable bonds is 10. The maximum atomic E-state index is 14.9.